The second kappa shape index (κ2) is 8.31. The maximum atomic E-state index is 12.7. The van der Waals surface area contributed by atoms with Crippen molar-refractivity contribution in [3.63, 3.8) is 0 Å². The van der Waals surface area contributed by atoms with Crippen molar-refractivity contribution in [2.45, 2.75) is 24.3 Å². The molecule has 1 unspecified atom stereocenters. The lowest BCUT2D eigenvalue weighted by atomic mass is 10.2. The number of hydrogen-bond donors (Lipinski definition) is 1. The number of hydrogen-bond acceptors (Lipinski definition) is 4. The number of amides is 1. The van der Waals surface area contributed by atoms with Crippen LogP contribution < -0.4 is 10.1 Å². The number of anilines is 1. The zero-order chi connectivity index (χ0) is 19.4. The molecule has 0 saturated heterocycles. The molecular formula is C21H23N3O2S. The Morgan fingerprint density at radius 3 is 2.67 bits per heavy atom. The highest BCUT2D eigenvalue weighted by Gasteiger charge is 2.19. The second-order valence-corrected chi connectivity index (χ2v) is 7.61. The molecule has 1 aromatic heterocycles. The lowest BCUT2D eigenvalue weighted by molar-refractivity contribution is -0.115. The maximum absolute atomic E-state index is 12.7. The van der Waals surface area contributed by atoms with Gasteiger partial charge in [0.25, 0.3) is 0 Å². The first-order valence-electron chi connectivity index (χ1n) is 8.69. The smallest absolute Gasteiger partial charge is 0.237 e. The fourth-order valence-electron chi connectivity index (χ4n) is 2.74. The van der Waals surface area contributed by atoms with Gasteiger partial charge in [0.15, 0.2) is 5.16 Å². The predicted molar refractivity (Wildman–Crippen MR) is 110 cm³/mol. The summed E-state index contributed by atoms with van der Waals surface area (Å²) in [5.74, 6) is 0.558. The van der Waals surface area contributed by atoms with Gasteiger partial charge in [-0.1, -0.05) is 48.2 Å². The normalized spacial score (nSPS) is 11.9. The van der Waals surface area contributed by atoms with Gasteiger partial charge in [0.1, 0.15) is 5.75 Å². The van der Waals surface area contributed by atoms with Crippen molar-refractivity contribution >= 4 is 23.4 Å². The number of carbonyl (C=O) groups is 1. The first-order chi connectivity index (χ1) is 13.0. The largest absolute Gasteiger partial charge is 0.495 e. The highest BCUT2D eigenvalue weighted by molar-refractivity contribution is 8.00. The predicted octanol–water partition coefficient (Wildman–Crippen LogP) is 4.52. The molecule has 0 spiro atoms. The summed E-state index contributed by atoms with van der Waals surface area (Å²) in [6.07, 6.45) is 1.84. The van der Waals surface area contributed by atoms with Gasteiger partial charge in [0.05, 0.1) is 29.9 Å². The van der Waals surface area contributed by atoms with Gasteiger partial charge in [-0.25, -0.2) is 4.98 Å². The molecule has 0 saturated carbocycles. The van der Waals surface area contributed by atoms with Crippen molar-refractivity contribution in [3.8, 4) is 17.0 Å². The average molecular weight is 382 g/mol. The van der Waals surface area contributed by atoms with Crippen LogP contribution in [-0.2, 0) is 11.8 Å². The lowest BCUT2D eigenvalue weighted by Crippen LogP contribution is -2.23. The molecule has 0 bridgehead atoms. The Bertz CT molecular complexity index is 938. The number of imidazole rings is 1. The van der Waals surface area contributed by atoms with E-state index in [1.807, 2.05) is 80.2 Å². The first kappa shape index (κ1) is 19.0. The van der Waals surface area contributed by atoms with Crippen LogP contribution in [-0.4, -0.2) is 27.8 Å². The van der Waals surface area contributed by atoms with Gasteiger partial charge in [-0.05, 0) is 37.1 Å². The number of carbonyl (C=O) groups excluding carboxylic acids is 1. The Hall–Kier alpha value is -2.73. The standard InChI is InChI=1S/C21H23N3O2S/c1-14-10-11-19(26-4)17(12-14)23-20(25)15(2)27-21-22-13-18(24(21)3)16-8-6-5-7-9-16/h5-13,15H,1-4H3,(H,23,25). The van der Waals surface area contributed by atoms with E-state index < -0.39 is 0 Å². The van der Waals surface area contributed by atoms with Gasteiger partial charge >= 0.3 is 0 Å². The molecule has 0 radical (unpaired) electrons. The van der Waals surface area contributed by atoms with E-state index in [0.717, 1.165) is 22.0 Å². The van der Waals surface area contributed by atoms with Crippen molar-refractivity contribution in [2.24, 2.45) is 7.05 Å². The summed E-state index contributed by atoms with van der Waals surface area (Å²) in [6, 6.07) is 15.8. The lowest BCUT2D eigenvalue weighted by Gasteiger charge is -2.15. The van der Waals surface area contributed by atoms with Gasteiger partial charge in [-0.15, -0.1) is 0 Å². The van der Waals surface area contributed by atoms with E-state index in [9.17, 15) is 4.79 Å². The number of aromatic nitrogens is 2. The SMILES string of the molecule is COc1ccc(C)cc1NC(=O)C(C)Sc1ncc(-c2ccccc2)n1C. The number of thioether (sulfide) groups is 1. The van der Waals surface area contributed by atoms with Crippen LogP contribution in [0.25, 0.3) is 11.3 Å². The van der Waals surface area contributed by atoms with Crippen molar-refractivity contribution in [1.29, 1.82) is 0 Å². The molecule has 0 aliphatic rings. The molecule has 5 nitrogen and oxygen atoms in total. The van der Waals surface area contributed by atoms with E-state index in [0.29, 0.717) is 11.4 Å². The first-order valence-corrected chi connectivity index (χ1v) is 9.57. The number of rotatable bonds is 6. The molecule has 1 N–H and O–H groups in total. The zero-order valence-corrected chi connectivity index (χ0v) is 16.7. The third kappa shape index (κ3) is 4.34. The van der Waals surface area contributed by atoms with Crippen LogP contribution in [0.2, 0.25) is 0 Å². The molecule has 1 amide bonds. The summed E-state index contributed by atoms with van der Waals surface area (Å²) in [5.41, 5.74) is 3.86. The van der Waals surface area contributed by atoms with Crippen molar-refractivity contribution < 1.29 is 9.53 Å². The number of nitrogens with zero attached hydrogens (tertiary/aromatic N) is 2. The van der Waals surface area contributed by atoms with Crippen LogP contribution in [0.5, 0.6) is 5.75 Å². The molecule has 3 aromatic rings. The van der Waals surface area contributed by atoms with Crippen LogP contribution in [0.4, 0.5) is 5.69 Å². The topological polar surface area (TPSA) is 56.1 Å². The molecule has 0 aliphatic carbocycles. The molecule has 3 rings (SSSR count). The number of benzene rings is 2. The summed E-state index contributed by atoms with van der Waals surface area (Å²) in [4.78, 5) is 17.2. The second-order valence-electron chi connectivity index (χ2n) is 6.30. The van der Waals surface area contributed by atoms with E-state index >= 15 is 0 Å². The van der Waals surface area contributed by atoms with Gasteiger partial charge in [-0.2, -0.15) is 0 Å². The third-order valence-electron chi connectivity index (χ3n) is 4.28. The molecule has 0 fully saturated rings. The molecule has 1 heterocycles. The molecule has 1 atom stereocenters. The quantitative estimate of drug-likeness (QED) is 0.638. The van der Waals surface area contributed by atoms with Gasteiger partial charge in [-0.3, -0.25) is 4.79 Å². The van der Waals surface area contributed by atoms with E-state index in [1.165, 1.54) is 11.8 Å². The minimum Gasteiger partial charge on any atom is -0.495 e. The fraction of sp³-hybridized carbons (Fsp3) is 0.238. The number of aryl methyl sites for hydroxylation is 1. The Labute approximate surface area is 163 Å². The molecule has 6 heteroatoms. The van der Waals surface area contributed by atoms with E-state index in [1.54, 1.807) is 7.11 Å². The van der Waals surface area contributed by atoms with Crippen LogP contribution in [0.15, 0.2) is 59.9 Å². The summed E-state index contributed by atoms with van der Waals surface area (Å²) in [5, 5.41) is 3.45. The minimum absolute atomic E-state index is 0.0897. The summed E-state index contributed by atoms with van der Waals surface area (Å²) >= 11 is 1.43. The van der Waals surface area contributed by atoms with Crippen LogP contribution in [0.1, 0.15) is 12.5 Å². The fourth-order valence-corrected chi connectivity index (χ4v) is 3.60. The molecule has 0 aliphatic heterocycles. The maximum Gasteiger partial charge on any atom is 0.237 e. The number of methoxy groups -OCH3 is 1. The molecule has 27 heavy (non-hydrogen) atoms. The van der Waals surface area contributed by atoms with Crippen LogP contribution in [0.3, 0.4) is 0 Å². The zero-order valence-electron chi connectivity index (χ0n) is 15.9. The Kier molecular flexibility index (Phi) is 5.86. The van der Waals surface area contributed by atoms with Gasteiger partial charge in [0, 0.05) is 7.05 Å². The monoisotopic (exact) mass is 381 g/mol. The van der Waals surface area contributed by atoms with Crippen molar-refractivity contribution in [1.82, 2.24) is 9.55 Å². The minimum atomic E-state index is -0.306. The van der Waals surface area contributed by atoms with E-state index in [4.69, 9.17) is 4.74 Å². The Morgan fingerprint density at radius 1 is 1.22 bits per heavy atom. The summed E-state index contributed by atoms with van der Waals surface area (Å²) < 4.78 is 7.34. The highest BCUT2D eigenvalue weighted by Crippen LogP contribution is 2.29. The number of ether oxygens (including phenoxy) is 1. The summed E-state index contributed by atoms with van der Waals surface area (Å²) in [6.45, 7) is 3.85. The molecule has 140 valence electrons. The van der Waals surface area contributed by atoms with Crippen LogP contribution in [0, 0.1) is 6.92 Å². The van der Waals surface area contributed by atoms with E-state index in [-0.39, 0.29) is 11.2 Å². The number of nitrogens with one attached hydrogen (secondary N) is 1. The average Bonchev–Trinajstić information content (AvgIpc) is 3.03. The Morgan fingerprint density at radius 2 is 1.96 bits per heavy atom. The van der Waals surface area contributed by atoms with Crippen LogP contribution >= 0.6 is 11.8 Å². The Balaban J connectivity index is 1.72. The van der Waals surface area contributed by atoms with Crippen molar-refractivity contribution in [3.05, 3.63) is 60.3 Å². The van der Waals surface area contributed by atoms with Crippen molar-refractivity contribution in [2.75, 3.05) is 12.4 Å². The molecular weight excluding hydrogens is 358 g/mol. The van der Waals surface area contributed by atoms with Gasteiger partial charge in [0.2, 0.25) is 5.91 Å². The molecule has 2 aromatic carbocycles. The third-order valence-corrected chi connectivity index (χ3v) is 5.44. The summed E-state index contributed by atoms with van der Waals surface area (Å²) in [7, 11) is 3.56. The highest BCUT2D eigenvalue weighted by atomic mass is 32.2. The van der Waals surface area contributed by atoms with Gasteiger partial charge < -0.3 is 14.6 Å². The van der Waals surface area contributed by atoms with E-state index in [2.05, 4.69) is 10.3 Å².